The van der Waals surface area contributed by atoms with Gasteiger partial charge in [-0.25, -0.2) is 4.98 Å². The molecule has 1 aromatic heterocycles. The standard InChI is InChI=1S/C21H21N3S/c1-15-8-6-12-18(14-15)19(17-10-4-3-5-11-17)23-21(25)24-20-16(2)9-7-13-22-20/h3-14,19H,1-2H3,(H2,22,23,24,25). The molecule has 0 aliphatic heterocycles. The van der Waals surface area contributed by atoms with Crippen LogP contribution in [0.25, 0.3) is 0 Å². The van der Waals surface area contributed by atoms with Crippen molar-refractivity contribution in [1.82, 2.24) is 10.3 Å². The number of anilines is 1. The Labute approximate surface area is 154 Å². The smallest absolute Gasteiger partial charge is 0.172 e. The van der Waals surface area contributed by atoms with E-state index in [4.69, 9.17) is 12.2 Å². The van der Waals surface area contributed by atoms with Crippen LogP contribution in [-0.2, 0) is 0 Å². The van der Waals surface area contributed by atoms with Crippen LogP contribution in [0.5, 0.6) is 0 Å². The van der Waals surface area contributed by atoms with Crippen LogP contribution in [0.4, 0.5) is 5.82 Å². The molecule has 126 valence electrons. The maximum Gasteiger partial charge on any atom is 0.172 e. The number of rotatable bonds is 4. The lowest BCUT2D eigenvalue weighted by atomic mass is 9.97. The molecule has 0 fully saturated rings. The lowest BCUT2D eigenvalue weighted by Crippen LogP contribution is -2.33. The second-order valence-electron chi connectivity index (χ2n) is 6.03. The monoisotopic (exact) mass is 347 g/mol. The fraction of sp³-hybridized carbons (Fsp3) is 0.143. The van der Waals surface area contributed by atoms with Gasteiger partial charge in [-0.2, -0.15) is 0 Å². The molecule has 25 heavy (non-hydrogen) atoms. The number of pyridine rings is 1. The van der Waals surface area contributed by atoms with E-state index in [1.165, 1.54) is 11.1 Å². The highest BCUT2D eigenvalue weighted by atomic mass is 32.1. The summed E-state index contributed by atoms with van der Waals surface area (Å²) in [4.78, 5) is 4.35. The molecular formula is C21H21N3S. The van der Waals surface area contributed by atoms with Crippen molar-refractivity contribution >= 4 is 23.1 Å². The lowest BCUT2D eigenvalue weighted by molar-refractivity contribution is 0.767. The van der Waals surface area contributed by atoms with Crippen LogP contribution >= 0.6 is 12.2 Å². The highest BCUT2D eigenvalue weighted by molar-refractivity contribution is 7.80. The summed E-state index contributed by atoms with van der Waals surface area (Å²) in [7, 11) is 0. The topological polar surface area (TPSA) is 37.0 Å². The van der Waals surface area contributed by atoms with E-state index in [1.54, 1.807) is 6.20 Å². The van der Waals surface area contributed by atoms with Gasteiger partial charge in [-0.3, -0.25) is 0 Å². The molecule has 0 aliphatic rings. The van der Waals surface area contributed by atoms with Gasteiger partial charge in [0.05, 0.1) is 6.04 Å². The van der Waals surface area contributed by atoms with Crippen LogP contribution in [0.2, 0.25) is 0 Å². The fourth-order valence-electron chi connectivity index (χ4n) is 2.75. The van der Waals surface area contributed by atoms with E-state index >= 15 is 0 Å². The first-order valence-electron chi connectivity index (χ1n) is 8.24. The van der Waals surface area contributed by atoms with Crippen molar-refractivity contribution in [3.63, 3.8) is 0 Å². The molecule has 3 rings (SSSR count). The molecule has 4 heteroatoms. The van der Waals surface area contributed by atoms with Gasteiger partial charge in [0.1, 0.15) is 5.82 Å². The van der Waals surface area contributed by atoms with Crippen LogP contribution in [0.1, 0.15) is 28.3 Å². The average molecular weight is 347 g/mol. The first kappa shape index (κ1) is 17.1. The minimum absolute atomic E-state index is 0.0230. The largest absolute Gasteiger partial charge is 0.351 e. The van der Waals surface area contributed by atoms with Crippen molar-refractivity contribution in [1.29, 1.82) is 0 Å². The van der Waals surface area contributed by atoms with Gasteiger partial charge in [-0.15, -0.1) is 0 Å². The van der Waals surface area contributed by atoms with E-state index in [2.05, 4.69) is 58.9 Å². The quantitative estimate of drug-likeness (QED) is 0.666. The molecule has 0 bridgehead atoms. The van der Waals surface area contributed by atoms with Crippen molar-refractivity contribution in [2.75, 3.05) is 5.32 Å². The summed E-state index contributed by atoms with van der Waals surface area (Å²) < 4.78 is 0. The number of hydrogen-bond donors (Lipinski definition) is 2. The van der Waals surface area contributed by atoms with Crippen LogP contribution in [0.15, 0.2) is 72.9 Å². The molecule has 0 saturated heterocycles. The van der Waals surface area contributed by atoms with Crippen molar-refractivity contribution in [3.8, 4) is 0 Å². The third kappa shape index (κ3) is 4.43. The molecule has 0 aliphatic carbocycles. The molecule has 1 atom stereocenters. The SMILES string of the molecule is Cc1cccc(C(NC(=S)Nc2ncccc2C)c2ccccc2)c1. The van der Waals surface area contributed by atoms with E-state index in [1.807, 2.05) is 37.3 Å². The Morgan fingerprint density at radius 1 is 0.920 bits per heavy atom. The molecule has 2 aromatic carbocycles. The maximum absolute atomic E-state index is 5.54. The molecule has 1 heterocycles. The van der Waals surface area contributed by atoms with E-state index in [-0.39, 0.29) is 6.04 Å². The molecule has 0 amide bonds. The third-order valence-electron chi connectivity index (χ3n) is 4.03. The summed E-state index contributed by atoms with van der Waals surface area (Å²) in [6, 6.07) is 22.7. The summed E-state index contributed by atoms with van der Waals surface area (Å²) in [5.41, 5.74) is 4.61. The second-order valence-corrected chi connectivity index (χ2v) is 6.43. The summed E-state index contributed by atoms with van der Waals surface area (Å²) >= 11 is 5.54. The number of benzene rings is 2. The first-order chi connectivity index (χ1) is 12.1. The van der Waals surface area contributed by atoms with E-state index < -0.39 is 0 Å². The molecule has 2 N–H and O–H groups in total. The van der Waals surface area contributed by atoms with Gasteiger partial charge in [0, 0.05) is 6.20 Å². The zero-order chi connectivity index (χ0) is 17.6. The van der Waals surface area contributed by atoms with Crippen molar-refractivity contribution in [3.05, 3.63) is 95.2 Å². The number of aromatic nitrogens is 1. The van der Waals surface area contributed by atoms with Crippen LogP contribution in [0.3, 0.4) is 0 Å². The molecule has 0 radical (unpaired) electrons. The van der Waals surface area contributed by atoms with Crippen LogP contribution in [-0.4, -0.2) is 10.1 Å². The van der Waals surface area contributed by atoms with Crippen LogP contribution < -0.4 is 10.6 Å². The van der Waals surface area contributed by atoms with Gasteiger partial charge in [0.15, 0.2) is 5.11 Å². The Morgan fingerprint density at radius 3 is 2.40 bits per heavy atom. The van der Waals surface area contributed by atoms with Crippen molar-refractivity contribution < 1.29 is 0 Å². The normalized spacial score (nSPS) is 11.6. The first-order valence-corrected chi connectivity index (χ1v) is 8.65. The van der Waals surface area contributed by atoms with E-state index in [0.717, 1.165) is 16.9 Å². The summed E-state index contributed by atoms with van der Waals surface area (Å²) in [5, 5.41) is 7.19. The van der Waals surface area contributed by atoms with Crippen molar-refractivity contribution in [2.45, 2.75) is 19.9 Å². The average Bonchev–Trinajstić information content (AvgIpc) is 2.62. The Morgan fingerprint density at radius 2 is 1.68 bits per heavy atom. The summed E-state index contributed by atoms with van der Waals surface area (Å²) in [6.45, 7) is 4.10. The predicted molar refractivity (Wildman–Crippen MR) is 108 cm³/mol. The highest BCUT2D eigenvalue weighted by Crippen LogP contribution is 2.23. The minimum atomic E-state index is -0.0230. The van der Waals surface area contributed by atoms with E-state index in [9.17, 15) is 0 Å². The number of thiocarbonyl (C=S) groups is 1. The number of nitrogens with one attached hydrogen (secondary N) is 2. The Hall–Kier alpha value is -2.72. The number of hydrogen-bond acceptors (Lipinski definition) is 2. The Balaban J connectivity index is 1.85. The fourth-order valence-corrected chi connectivity index (χ4v) is 2.96. The van der Waals surface area contributed by atoms with Crippen molar-refractivity contribution in [2.24, 2.45) is 0 Å². The molecule has 0 saturated carbocycles. The summed E-state index contributed by atoms with van der Waals surface area (Å²) in [6.07, 6.45) is 1.76. The molecular weight excluding hydrogens is 326 g/mol. The van der Waals surface area contributed by atoms with Gasteiger partial charge in [-0.05, 0) is 48.8 Å². The Kier molecular flexibility index (Phi) is 5.41. The van der Waals surface area contributed by atoms with Gasteiger partial charge in [-0.1, -0.05) is 66.2 Å². The van der Waals surface area contributed by atoms with Gasteiger partial charge < -0.3 is 10.6 Å². The van der Waals surface area contributed by atoms with Gasteiger partial charge >= 0.3 is 0 Å². The molecule has 3 aromatic rings. The summed E-state index contributed by atoms with van der Waals surface area (Å²) in [5.74, 6) is 0.774. The molecule has 0 spiro atoms. The number of nitrogens with zero attached hydrogens (tertiary/aromatic N) is 1. The van der Waals surface area contributed by atoms with Gasteiger partial charge in [0.25, 0.3) is 0 Å². The van der Waals surface area contributed by atoms with Crippen LogP contribution in [0, 0.1) is 13.8 Å². The maximum atomic E-state index is 5.54. The molecule has 1 unspecified atom stereocenters. The zero-order valence-corrected chi connectivity index (χ0v) is 15.2. The molecule has 3 nitrogen and oxygen atoms in total. The Bertz CT molecular complexity index is 862. The second kappa shape index (κ2) is 7.90. The zero-order valence-electron chi connectivity index (χ0n) is 14.4. The minimum Gasteiger partial charge on any atom is -0.351 e. The lowest BCUT2D eigenvalue weighted by Gasteiger charge is -2.22. The third-order valence-corrected chi connectivity index (χ3v) is 4.25. The highest BCUT2D eigenvalue weighted by Gasteiger charge is 2.15. The predicted octanol–water partition coefficient (Wildman–Crippen LogP) is 4.77. The van der Waals surface area contributed by atoms with E-state index in [0.29, 0.717) is 5.11 Å². The number of aryl methyl sites for hydroxylation is 2. The van der Waals surface area contributed by atoms with Gasteiger partial charge in [0.2, 0.25) is 0 Å².